The van der Waals surface area contributed by atoms with E-state index in [1.54, 1.807) is 0 Å². The number of nitrogens with one attached hydrogen (secondary N) is 1. The molecule has 0 amide bonds. The first-order valence-corrected chi connectivity index (χ1v) is 7.53. The first-order valence-electron chi connectivity index (χ1n) is 7.15. The summed E-state index contributed by atoms with van der Waals surface area (Å²) in [5.74, 6) is 1.36. The van der Waals surface area contributed by atoms with Gasteiger partial charge in [-0.15, -0.1) is 12.4 Å². The summed E-state index contributed by atoms with van der Waals surface area (Å²) in [5, 5.41) is 4.54. The van der Waals surface area contributed by atoms with Gasteiger partial charge in [-0.25, -0.2) is 0 Å². The Labute approximate surface area is 128 Å². The molecule has 0 radical (unpaired) electrons. The third-order valence-electron chi connectivity index (χ3n) is 3.86. The van der Waals surface area contributed by atoms with Crippen LogP contribution >= 0.6 is 24.0 Å². The second-order valence-electron chi connectivity index (χ2n) is 5.84. The molecule has 1 saturated heterocycles. The standard InChI is InChI=1S/C16H24ClN.ClH/c1-12(2)11-15(16-5-3-4-10-18-16)13-6-8-14(17)9-7-13;/h6-9,12,15-16,18H,3-5,10-11H2,1-2H3;1H/t15-,16-;/m0./s1. The first kappa shape index (κ1) is 16.8. The van der Waals surface area contributed by atoms with E-state index in [1.165, 1.54) is 37.8 Å². The van der Waals surface area contributed by atoms with Gasteiger partial charge in [-0.1, -0.05) is 44.0 Å². The Morgan fingerprint density at radius 3 is 2.42 bits per heavy atom. The highest BCUT2D eigenvalue weighted by Gasteiger charge is 2.25. The van der Waals surface area contributed by atoms with Gasteiger partial charge in [-0.05, 0) is 55.3 Å². The molecule has 1 aliphatic heterocycles. The van der Waals surface area contributed by atoms with Crippen LogP contribution in [0.5, 0.6) is 0 Å². The van der Waals surface area contributed by atoms with Crippen LogP contribution in [0, 0.1) is 5.92 Å². The maximum Gasteiger partial charge on any atom is 0.0406 e. The first-order chi connectivity index (χ1) is 8.66. The largest absolute Gasteiger partial charge is 0.313 e. The van der Waals surface area contributed by atoms with Crippen LogP contribution in [-0.4, -0.2) is 12.6 Å². The predicted octanol–water partition coefficient (Wildman–Crippen LogP) is 5.03. The van der Waals surface area contributed by atoms with Crippen molar-refractivity contribution in [2.45, 2.75) is 51.5 Å². The van der Waals surface area contributed by atoms with Gasteiger partial charge in [0.05, 0.1) is 0 Å². The Hall–Kier alpha value is -0.240. The fraction of sp³-hybridized carbons (Fsp3) is 0.625. The Balaban J connectivity index is 0.00000180. The van der Waals surface area contributed by atoms with Crippen LogP contribution < -0.4 is 5.32 Å². The summed E-state index contributed by atoms with van der Waals surface area (Å²) in [6.45, 7) is 5.80. The molecule has 108 valence electrons. The monoisotopic (exact) mass is 301 g/mol. The zero-order chi connectivity index (χ0) is 13.0. The van der Waals surface area contributed by atoms with E-state index < -0.39 is 0 Å². The Bertz CT molecular complexity index is 356. The molecule has 2 atom stereocenters. The molecule has 1 fully saturated rings. The average molecular weight is 302 g/mol. The minimum absolute atomic E-state index is 0. The Morgan fingerprint density at radius 1 is 1.21 bits per heavy atom. The zero-order valence-corrected chi connectivity index (χ0v) is 13.4. The number of benzene rings is 1. The molecule has 1 aliphatic rings. The molecule has 2 rings (SSSR count). The van der Waals surface area contributed by atoms with Crippen LogP contribution in [0.1, 0.15) is 51.0 Å². The summed E-state index contributed by atoms with van der Waals surface area (Å²) >= 11 is 5.99. The highest BCUT2D eigenvalue weighted by molar-refractivity contribution is 6.30. The van der Waals surface area contributed by atoms with Gasteiger partial charge in [-0.3, -0.25) is 0 Å². The topological polar surface area (TPSA) is 12.0 Å². The molecule has 1 aromatic rings. The van der Waals surface area contributed by atoms with Crippen molar-refractivity contribution in [3.05, 3.63) is 34.9 Å². The number of hydrogen-bond donors (Lipinski definition) is 1. The summed E-state index contributed by atoms with van der Waals surface area (Å²) < 4.78 is 0. The molecule has 19 heavy (non-hydrogen) atoms. The summed E-state index contributed by atoms with van der Waals surface area (Å²) in [5.41, 5.74) is 1.44. The lowest BCUT2D eigenvalue weighted by molar-refractivity contribution is 0.318. The fourth-order valence-corrected chi connectivity index (χ4v) is 3.10. The zero-order valence-electron chi connectivity index (χ0n) is 11.9. The van der Waals surface area contributed by atoms with Crippen molar-refractivity contribution in [2.24, 2.45) is 5.92 Å². The summed E-state index contributed by atoms with van der Waals surface area (Å²) in [6, 6.07) is 9.08. The molecule has 1 heterocycles. The van der Waals surface area contributed by atoms with Crippen molar-refractivity contribution in [2.75, 3.05) is 6.54 Å². The van der Waals surface area contributed by atoms with E-state index in [0.29, 0.717) is 12.0 Å². The van der Waals surface area contributed by atoms with Crippen molar-refractivity contribution in [1.29, 1.82) is 0 Å². The molecule has 1 aromatic carbocycles. The maximum absolute atomic E-state index is 5.99. The van der Waals surface area contributed by atoms with Gasteiger partial charge in [0.15, 0.2) is 0 Å². The predicted molar refractivity (Wildman–Crippen MR) is 86.5 cm³/mol. The molecule has 3 heteroatoms. The number of piperidine rings is 1. The number of hydrogen-bond acceptors (Lipinski definition) is 1. The molecule has 0 aliphatic carbocycles. The molecule has 1 N–H and O–H groups in total. The van der Waals surface area contributed by atoms with Gasteiger partial charge in [0.25, 0.3) is 0 Å². The van der Waals surface area contributed by atoms with Crippen LogP contribution in [-0.2, 0) is 0 Å². The second-order valence-corrected chi connectivity index (χ2v) is 6.28. The highest BCUT2D eigenvalue weighted by Crippen LogP contribution is 2.31. The normalized spacial score (nSPS) is 20.9. The summed E-state index contributed by atoms with van der Waals surface area (Å²) in [6.07, 6.45) is 5.24. The molecule has 0 bridgehead atoms. The lowest BCUT2D eigenvalue weighted by atomic mass is 9.81. The smallest absolute Gasteiger partial charge is 0.0406 e. The molecule has 0 aromatic heterocycles. The maximum atomic E-state index is 5.99. The van der Waals surface area contributed by atoms with Crippen LogP contribution in [0.4, 0.5) is 0 Å². The van der Waals surface area contributed by atoms with Crippen LogP contribution in [0.25, 0.3) is 0 Å². The van der Waals surface area contributed by atoms with Crippen LogP contribution in [0.3, 0.4) is 0 Å². The van der Waals surface area contributed by atoms with E-state index in [1.807, 2.05) is 12.1 Å². The van der Waals surface area contributed by atoms with Crippen molar-refractivity contribution in [3.8, 4) is 0 Å². The van der Waals surface area contributed by atoms with Gasteiger partial charge in [-0.2, -0.15) is 0 Å². The van der Waals surface area contributed by atoms with Crippen LogP contribution in [0.2, 0.25) is 5.02 Å². The van der Waals surface area contributed by atoms with Crippen molar-refractivity contribution < 1.29 is 0 Å². The summed E-state index contributed by atoms with van der Waals surface area (Å²) in [4.78, 5) is 0. The molecule has 0 spiro atoms. The van der Waals surface area contributed by atoms with Gasteiger partial charge in [0.1, 0.15) is 0 Å². The molecule has 1 nitrogen and oxygen atoms in total. The number of rotatable bonds is 4. The van der Waals surface area contributed by atoms with Crippen LogP contribution in [0.15, 0.2) is 24.3 Å². The van der Waals surface area contributed by atoms with Crippen molar-refractivity contribution >= 4 is 24.0 Å². The van der Waals surface area contributed by atoms with E-state index in [4.69, 9.17) is 11.6 Å². The minimum Gasteiger partial charge on any atom is -0.313 e. The quantitative estimate of drug-likeness (QED) is 0.822. The minimum atomic E-state index is 0. The fourth-order valence-electron chi connectivity index (χ4n) is 2.97. The molecule has 0 unspecified atom stereocenters. The van der Waals surface area contributed by atoms with E-state index in [2.05, 4.69) is 31.3 Å². The third-order valence-corrected chi connectivity index (χ3v) is 4.11. The van der Waals surface area contributed by atoms with Crippen molar-refractivity contribution in [3.63, 3.8) is 0 Å². The lowest BCUT2D eigenvalue weighted by Crippen LogP contribution is -2.39. The van der Waals surface area contributed by atoms with E-state index >= 15 is 0 Å². The molecule has 0 saturated carbocycles. The number of halogens is 2. The lowest BCUT2D eigenvalue weighted by Gasteiger charge is -2.33. The van der Waals surface area contributed by atoms with Gasteiger partial charge in [0.2, 0.25) is 0 Å². The van der Waals surface area contributed by atoms with E-state index in [-0.39, 0.29) is 12.4 Å². The van der Waals surface area contributed by atoms with Gasteiger partial charge in [0, 0.05) is 11.1 Å². The average Bonchev–Trinajstić information content (AvgIpc) is 2.38. The Morgan fingerprint density at radius 2 is 1.89 bits per heavy atom. The Kier molecular flexibility index (Phi) is 7.20. The highest BCUT2D eigenvalue weighted by atomic mass is 35.5. The second kappa shape index (κ2) is 8.14. The van der Waals surface area contributed by atoms with E-state index in [0.717, 1.165) is 10.9 Å². The summed E-state index contributed by atoms with van der Waals surface area (Å²) in [7, 11) is 0. The molecular weight excluding hydrogens is 277 g/mol. The molecular formula is C16H25Cl2N. The van der Waals surface area contributed by atoms with Gasteiger partial charge < -0.3 is 5.32 Å². The van der Waals surface area contributed by atoms with Gasteiger partial charge >= 0.3 is 0 Å². The third kappa shape index (κ3) is 4.98. The SMILES string of the molecule is CC(C)C[C@@H](c1ccc(Cl)cc1)[C@@H]1CCCCN1.Cl. The van der Waals surface area contributed by atoms with E-state index in [9.17, 15) is 0 Å². The van der Waals surface area contributed by atoms with Crippen molar-refractivity contribution in [1.82, 2.24) is 5.32 Å².